The summed E-state index contributed by atoms with van der Waals surface area (Å²) >= 11 is 0. The van der Waals surface area contributed by atoms with Crippen molar-refractivity contribution >= 4 is 0 Å². The molecule has 84 valence electrons. The first-order valence-electron chi connectivity index (χ1n) is 4.85. The van der Waals surface area contributed by atoms with Crippen molar-refractivity contribution in [2.24, 2.45) is 0 Å². The SMILES string of the molecule is OCCn1cc(Oc2ccccc2F)cn1. The van der Waals surface area contributed by atoms with E-state index in [0.717, 1.165) is 0 Å². The van der Waals surface area contributed by atoms with Gasteiger partial charge in [0.05, 0.1) is 25.5 Å². The molecule has 2 rings (SSSR count). The lowest BCUT2D eigenvalue weighted by molar-refractivity contribution is 0.269. The highest BCUT2D eigenvalue weighted by molar-refractivity contribution is 5.29. The van der Waals surface area contributed by atoms with E-state index < -0.39 is 5.82 Å². The Morgan fingerprint density at radius 1 is 1.38 bits per heavy atom. The number of nitrogens with zero attached hydrogens (tertiary/aromatic N) is 2. The first-order chi connectivity index (χ1) is 7.79. The molecule has 0 bridgehead atoms. The molecule has 1 aromatic heterocycles. The maximum absolute atomic E-state index is 13.2. The predicted octanol–water partition coefficient (Wildman–Crippen LogP) is 1.81. The summed E-state index contributed by atoms with van der Waals surface area (Å²) in [5, 5.41) is 12.6. The van der Waals surface area contributed by atoms with E-state index in [4.69, 9.17) is 9.84 Å². The van der Waals surface area contributed by atoms with Crippen molar-refractivity contribution in [3.8, 4) is 11.5 Å². The van der Waals surface area contributed by atoms with Crippen LogP contribution in [0.2, 0.25) is 0 Å². The molecule has 2 aromatic rings. The molecule has 0 saturated carbocycles. The Bertz CT molecular complexity index is 471. The van der Waals surface area contributed by atoms with Crippen LogP contribution in [-0.4, -0.2) is 21.5 Å². The Balaban J connectivity index is 2.11. The van der Waals surface area contributed by atoms with Crippen molar-refractivity contribution < 1.29 is 14.2 Å². The quantitative estimate of drug-likeness (QED) is 0.858. The summed E-state index contributed by atoms with van der Waals surface area (Å²) in [4.78, 5) is 0. The number of rotatable bonds is 4. The molecule has 0 amide bonds. The van der Waals surface area contributed by atoms with E-state index in [1.807, 2.05) is 0 Å². The second-order valence-electron chi connectivity index (χ2n) is 3.20. The fourth-order valence-corrected chi connectivity index (χ4v) is 1.28. The van der Waals surface area contributed by atoms with Crippen LogP contribution in [0, 0.1) is 5.82 Å². The van der Waals surface area contributed by atoms with E-state index in [0.29, 0.717) is 12.3 Å². The lowest BCUT2D eigenvalue weighted by Gasteiger charge is -2.02. The molecule has 0 atom stereocenters. The standard InChI is InChI=1S/C11H11FN2O2/c12-10-3-1-2-4-11(10)16-9-7-13-14(8-9)5-6-15/h1-4,7-8,15H,5-6H2. The van der Waals surface area contributed by atoms with Gasteiger partial charge in [0.1, 0.15) is 0 Å². The lowest BCUT2D eigenvalue weighted by atomic mass is 10.3. The number of aliphatic hydroxyl groups is 1. The van der Waals surface area contributed by atoms with E-state index in [1.54, 1.807) is 24.4 Å². The molecule has 16 heavy (non-hydrogen) atoms. The van der Waals surface area contributed by atoms with Gasteiger partial charge in [0, 0.05) is 0 Å². The Hall–Kier alpha value is -1.88. The Labute approximate surface area is 91.9 Å². The van der Waals surface area contributed by atoms with Crippen LogP contribution in [-0.2, 0) is 6.54 Å². The smallest absolute Gasteiger partial charge is 0.165 e. The van der Waals surface area contributed by atoms with Gasteiger partial charge in [-0.2, -0.15) is 5.10 Å². The third kappa shape index (κ3) is 2.38. The molecule has 4 nitrogen and oxygen atoms in total. The molecule has 1 heterocycles. The van der Waals surface area contributed by atoms with Crippen LogP contribution >= 0.6 is 0 Å². The van der Waals surface area contributed by atoms with Gasteiger partial charge in [0.2, 0.25) is 0 Å². The molecule has 0 aliphatic carbocycles. The summed E-state index contributed by atoms with van der Waals surface area (Å²) in [5.41, 5.74) is 0. The summed E-state index contributed by atoms with van der Waals surface area (Å²) in [6, 6.07) is 6.15. The van der Waals surface area contributed by atoms with Crippen LogP contribution in [0.3, 0.4) is 0 Å². The molecular formula is C11H11FN2O2. The second kappa shape index (κ2) is 4.76. The van der Waals surface area contributed by atoms with Gasteiger partial charge in [-0.25, -0.2) is 4.39 Å². The summed E-state index contributed by atoms with van der Waals surface area (Å²) in [6.45, 7) is 0.390. The number of para-hydroxylation sites is 1. The van der Waals surface area contributed by atoms with Gasteiger partial charge in [-0.1, -0.05) is 12.1 Å². The van der Waals surface area contributed by atoms with E-state index >= 15 is 0 Å². The molecule has 1 aromatic carbocycles. The van der Waals surface area contributed by atoms with E-state index in [1.165, 1.54) is 16.9 Å². The molecular weight excluding hydrogens is 211 g/mol. The molecule has 5 heteroatoms. The first kappa shape index (κ1) is 10.6. The van der Waals surface area contributed by atoms with Gasteiger partial charge in [-0.05, 0) is 12.1 Å². The van der Waals surface area contributed by atoms with Gasteiger partial charge in [-0.3, -0.25) is 4.68 Å². The topological polar surface area (TPSA) is 47.3 Å². The highest BCUT2D eigenvalue weighted by atomic mass is 19.1. The van der Waals surface area contributed by atoms with Gasteiger partial charge in [0.25, 0.3) is 0 Å². The first-order valence-corrected chi connectivity index (χ1v) is 4.85. The summed E-state index contributed by atoms with van der Waals surface area (Å²) < 4.78 is 20.1. The zero-order valence-electron chi connectivity index (χ0n) is 8.51. The number of ether oxygens (including phenoxy) is 1. The highest BCUT2D eigenvalue weighted by Gasteiger charge is 2.05. The van der Waals surface area contributed by atoms with Gasteiger partial charge in [0.15, 0.2) is 17.3 Å². The van der Waals surface area contributed by atoms with Crippen LogP contribution in [0.15, 0.2) is 36.7 Å². The molecule has 0 aliphatic heterocycles. The maximum Gasteiger partial charge on any atom is 0.165 e. The minimum absolute atomic E-state index is 0.000812. The van der Waals surface area contributed by atoms with Crippen molar-refractivity contribution in [3.05, 3.63) is 42.5 Å². The van der Waals surface area contributed by atoms with E-state index in [2.05, 4.69) is 5.10 Å². The van der Waals surface area contributed by atoms with Crippen molar-refractivity contribution in [2.45, 2.75) is 6.54 Å². The van der Waals surface area contributed by atoms with Gasteiger partial charge in [-0.15, -0.1) is 0 Å². The van der Waals surface area contributed by atoms with Gasteiger partial charge >= 0.3 is 0 Å². The molecule has 0 aliphatic rings. The van der Waals surface area contributed by atoms with Crippen LogP contribution in [0.1, 0.15) is 0 Å². The zero-order valence-corrected chi connectivity index (χ0v) is 8.51. The molecule has 1 N–H and O–H groups in total. The van der Waals surface area contributed by atoms with Gasteiger partial charge < -0.3 is 9.84 Å². The maximum atomic E-state index is 13.2. The van der Waals surface area contributed by atoms with E-state index in [-0.39, 0.29) is 12.4 Å². The third-order valence-corrected chi connectivity index (χ3v) is 2.00. The monoisotopic (exact) mass is 222 g/mol. The Morgan fingerprint density at radius 2 is 2.19 bits per heavy atom. The number of aliphatic hydroxyl groups excluding tert-OH is 1. The van der Waals surface area contributed by atoms with Crippen molar-refractivity contribution in [1.82, 2.24) is 9.78 Å². The molecule has 0 saturated heterocycles. The normalized spacial score (nSPS) is 10.4. The number of hydrogen-bond acceptors (Lipinski definition) is 3. The zero-order chi connectivity index (χ0) is 11.4. The minimum Gasteiger partial charge on any atom is -0.451 e. The molecule has 0 spiro atoms. The number of aromatic nitrogens is 2. The number of halogens is 1. The Kier molecular flexibility index (Phi) is 3.16. The average molecular weight is 222 g/mol. The summed E-state index contributed by atoms with van der Waals surface area (Å²) in [6.07, 6.45) is 3.07. The average Bonchev–Trinajstić information content (AvgIpc) is 2.70. The fourth-order valence-electron chi connectivity index (χ4n) is 1.28. The number of hydrogen-bond donors (Lipinski definition) is 1. The highest BCUT2D eigenvalue weighted by Crippen LogP contribution is 2.23. The van der Waals surface area contributed by atoms with Crippen LogP contribution in [0.25, 0.3) is 0 Å². The molecule has 0 unspecified atom stereocenters. The summed E-state index contributed by atoms with van der Waals surface area (Å²) in [5.74, 6) is 0.182. The lowest BCUT2D eigenvalue weighted by Crippen LogP contribution is -2.01. The second-order valence-corrected chi connectivity index (χ2v) is 3.20. The third-order valence-electron chi connectivity index (χ3n) is 2.00. The molecule has 0 radical (unpaired) electrons. The van der Waals surface area contributed by atoms with Crippen LogP contribution in [0.4, 0.5) is 4.39 Å². The molecule has 0 fully saturated rings. The predicted molar refractivity (Wildman–Crippen MR) is 55.8 cm³/mol. The number of benzene rings is 1. The van der Waals surface area contributed by atoms with Crippen molar-refractivity contribution in [1.29, 1.82) is 0 Å². The minimum atomic E-state index is -0.419. The van der Waals surface area contributed by atoms with Crippen molar-refractivity contribution in [3.63, 3.8) is 0 Å². The van der Waals surface area contributed by atoms with Crippen LogP contribution < -0.4 is 4.74 Å². The van der Waals surface area contributed by atoms with Crippen LogP contribution in [0.5, 0.6) is 11.5 Å². The van der Waals surface area contributed by atoms with Crippen molar-refractivity contribution in [2.75, 3.05) is 6.61 Å². The fraction of sp³-hybridized carbons (Fsp3) is 0.182. The summed E-state index contributed by atoms with van der Waals surface area (Å²) in [7, 11) is 0. The largest absolute Gasteiger partial charge is 0.451 e. The van der Waals surface area contributed by atoms with E-state index in [9.17, 15) is 4.39 Å². The Morgan fingerprint density at radius 3 is 2.94 bits per heavy atom.